The van der Waals surface area contributed by atoms with Crippen LogP contribution in [0.4, 0.5) is 21.9 Å². The summed E-state index contributed by atoms with van der Waals surface area (Å²) in [5.41, 5.74) is 7.58. The molecule has 0 aromatic heterocycles. The fourth-order valence-corrected chi connectivity index (χ4v) is 4.27. The van der Waals surface area contributed by atoms with Crippen LogP contribution in [0, 0.1) is 0 Å². The number of benzene rings is 4. The number of carbonyl (C=O) groups is 2. The second-order valence-electron chi connectivity index (χ2n) is 9.28. The molecule has 11 heteroatoms. The first-order valence-electron chi connectivity index (χ1n) is 13.2. The topological polar surface area (TPSA) is 151 Å². The van der Waals surface area contributed by atoms with E-state index < -0.39 is 24.2 Å². The van der Waals surface area contributed by atoms with E-state index in [0.29, 0.717) is 39.9 Å². The lowest BCUT2D eigenvalue weighted by Gasteiger charge is -2.26. The number of carbonyl (C=O) groups excluding carboxylic acids is 2. The van der Waals surface area contributed by atoms with Gasteiger partial charge < -0.3 is 39.8 Å². The Labute approximate surface area is 247 Å². The number of nitrogens with one attached hydrogen (secondary N) is 2. The van der Waals surface area contributed by atoms with E-state index in [-0.39, 0.29) is 18.3 Å². The monoisotopic (exact) mass is 583 g/mol. The van der Waals surface area contributed by atoms with E-state index in [1.807, 2.05) is 6.07 Å². The standard InChI is InChI=1S/C32H29N3O8/c1-39-26-13-11-20(17-25(26)36)31(43-32(38)34-21-12-14-27-29(18-21)41-19-40-27)28(42-22-7-3-2-4-8-22)15-16-30(37)35-24-10-6-5-9-23(24)33/h2-18,28,31,36H,19,33H2,1H3,(H,34,38)(H,35,37)/b16-15+/t28-,31-/m1/s1. The molecule has 0 unspecified atom stereocenters. The van der Waals surface area contributed by atoms with Gasteiger partial charge in [0.2, 0.25) is 12.7 Å². The van der Waals surface area contributed by atoms with Crippen LogP contribution in [0.5, 0.6) is 28.7 Å². The molecule has 0 fully saturated rings. The number of hydrogen-bond donors (Lipinski definition) is 4. The maximum Gasteiger partial charge on any atom is 0.412 e. The minimum absolute atomic E-state index is 0.0849. The maximum absolute atomic E-state index is 13.2. The van der Waals surface area contributed by atoms with Gasteiger partial charge in [-0.3, -0.25) is 10.1 Å². The normalized spacial score (nSPS) is 13.1. The van der Waals surface area contributed by atoms with E-state index in [1.54, 1.807) is 72.8 Å². The van der Waals surface area contributed by atoms with Crippen molar-refractivity contribution in [3.8, 4) is 28.7 Å². The number of amides is 2. The number of phenolic OH excluding ortho intramolecular Hbond substituents is 1. The summed E-state index contributed by atoms with van der Waals surface area (Å²) < 4.78 is 28.0. The fourth-order valence-electron chi connectivity index (χ4n) is 4.27. The molecule has 4 aromatic carbocycles. The SMILES string of the molecule is COc1ccc([C@@H](OC(=O)Nc2ccc3c(c2)OCO3)[C@@H](/C=C/C(=O)Nc2ccccc2N)Oc2ccccc2)cc1O. The molecule has 5 N–H and O–H groups in total. The average Bonchev–Trinajstić information content (AvgIpc) is 3.48. The molecule has 2 amide bonds. The number of nitrogen functional groups attached to an aromatic ring is 1. The number of nitrogens with two attached hydrogens (primary N) is 1. The van der Waals surface area contributed by atoms with E-state index in [0.717, 1.165) is 0 Å². The van der Waals surface area contributed by atoms with Crippen LogP contribution in [-0.4, -0.2) is 37.1 Å². The lowest BCUT2D eigenvalue weighted by Crippen LogP contribution is -2.30. The van der Waals surface area contributed by atoms with Crippen molar-refractivity contribution in [2.24, 2.45) is 0 Å². The Morgan fingerprint density at radius 3 is 2.47 bits per heavy atom. The lowest BCUT2D eigenvalue weighted by atomic mass is 10.0. The number of fused-ring (bicyclic) bond motifs is 1. The van der Waals surface area contributed by atoms with Crippen LogP contribution in [0.3, 0.4) is 0 Å². The smallest absolute Gasteiger partial charge is 0.412 e. The molecule has 4 aromatic rings. The average molecular weight is 584 g/mol. The molecule has 0 saturated heterocycles. The van der Waals surface area contributed by atoms with Crippen molar-refractivity contribution in [3.63, 3.8) is 0 Å². The Morgan fingerprint density at radius 1 is 0.930 bits per heavy atom. The number of methoxy groups -OCH3 is 1. The molecule has 0 aliphatic carbocycles. The largest absolute Gasteiger partial charge is 0.504 e. The van der Waals surface area contributed by atoms with Gasteiger partial charge in [0.25, 0.3) is 0 Å². The highest BCUT2D eigenvalue weighted by atomic mass is 16.7. The van der Waals surface area contributed by atoms with Crippen molar-refractivity contribution >= 4 is 29.1 Å². The third-order valence-electron chi connectivity index (χ3n) is 6.35. The van der Waals surface area contributed by atoms with Gasteiger partial charge in [-0.2, -0.15) is 0 Å². The van der Waals surface area contributed by atoms with Crippen molar-refractivity contribution < 1.29 is 38.4 Å². The molecule has 2 atom stereocenters. The molecule has 1 heterocycles. The predicted molar refractivity (Wildman–Crippen MR) is 160 cm³/mol. The molecule has 1 aliphatic heterocycles. The van der Waals surface area contributed by atoms with Crippen molar-refractivity contribution in [1.29, 1.82) is 0 Å². The van der Waals surface area contributed by atoms with Crippen LogP contribution >= 0.6 is 0 Å². The van der Waals surface area contributed by atoms with Crippen LogP contribution in [0.2, 0.25) is 0 Å². The zero-order valence-corrected chi connectivity index (χ0v) is 23.1. The Bertz CT molecular complexity index is 1630. The lowest BCUT2D eigenvalue weighted by molar-refractivity contribution is -0.112. The van der Waals surface area contributed by atoms with Gasteiger partial charge in [0, 0.05) is 23.4 Å². The minimum atomic E-state index is -1.14. The van der Waals surface area contributed by atoms with Crippen LogP contribution in [0.1, 0.15) is 11.7 Å². The van der Waals surface area contributed by atoms with Gasteiger partial charge in [0.1, 0.15) is 5.75 Å². The highest BCUT2D eigenvalue weighted by molar-refractivity contribution is 6.01. The second-order valence-corrected chi connectivity index (χ2v) is 9.28. The van der Waals surface area contributed by atoms with Crippen LogP contribution in [0.25, 0.3) is 0 Å². The zero-order valence-electron chi connectivity index (χ0n) is 23.1. The van der Waals surface area contributed by atoms with E-state index in [9.17, 15) is 14.7 Å². The van der Waals surface area contributed by atoms with E-state index >= 15 is 0 Å². The fraction of sp³-hybridized carbons (Fsp3) is 0.125. The molecule has 0 spiro atoms. The van der Waals surface area contributed by atoms with Gasteiger partial charge in [-0.15, -0.1) is 0 Å². The quantitative estimate of drug-likeness (QED) is 0.137. The van der Waals surface area contributed by atoms with Gasteiger partial charge in [0.05, 0.1) is 18.5 Å². The first-order chi connectivity index (χ1) is 20.9. The first kappa shape index (κ1) is 28.7. The number of aromatic hydroxyl groups is 1. The number of anilines is 3. The number of ether oxygens (including phenoxy) is 5. The first-order valence-corrected chi connectivity index (χ1v) is 13.2. The molecule has 0 bridgehead atoms. The molecule has 11 nitrogen and oxygen atoms in total. The third kappa shape index (κ3) is 7.27. The summed E-state index contributed by atoms with van der Waals surface area (Å²) in [6.07, 6.45) is -0.277. The summed E-state index contributed by atoms with van der Waals surface area (Å²) in [7, 11) is 1.42. The molecule has 0 saturated carbocycles. The Hall–Kier alpha value is -5.84. The molecule has 0 radical (unpaired) electrons. The molecular weight excluding hydrogens is 554 g/mol. The van der Waals surface area contributed by atoms with Crippen LogP contribution in [0.15, 0.2) is 103 Å². The molecule has 1 aliphatic rings. The molecule has 43 heavy (non-hydrogen) atoms. The number of hydrogen-bond acceptors (Lipinski definition) is 9. The Balaban J connectivity index is 1.45. The van der Waals surface area contributed by atoms with Gasteiger partial charge in [-0.05, 0) is 54.6 Å². The minimum Gasteiger partial charge on any atom is -0.504 e. The third-order valence-corrected chi connectivity index (χ3v) is 6.35. The number of phenols is 1. The molecular formula is C32H29N3O8. The van der Waals surface area contributed by atoms with Gasteiger partial charge in [-0.1, -0.05) is 36.4 Å². The van der Waals surface area contributed by atoms with Gasteiger partial charge >= 0.3 is 6.09 Å². The summed E-state index contributed by atoms with van der Waals surface area (Å²) >= 11 is 0. The highest BCUT2D eigenvalue weighted by Crippen LogP contribution is 2.36. The summed E-state index contributed by atoms with van der Waals surface area (Å²) in [6.45, 7) is 0.0849. The van der Waals surface area contributed by atoms with Crippen LogP contribution < -0.4 is 35.3 Å². The van der Waals surface area contributed by atoms with Gasteiger partial charge in [-0.25, -0.2) is 4.79 Å². The van der Waals surface area contributed by atoms with Crippen molar-refractivity contribution in [3.05, 3.63) is 109 Å². The van der Waals surface area contributed by atoms with E-state index in [2.05, 4.69) is 10.6 Å². The van der Waals surface area contributed by atoms with Crippen LogP contribution in [-0.2, 0) is 9.53 Å². The van der Waals surface area contributed by atoms with E-state index in [4.69, 9.17) is 29.4 Å². The summed E-state index contributed by atoms with van der Waals surface area (Å²) in [6, 6.07) is 25.1. The number of para-hydroxylation sites is 3. The number of rotatable bonds is 10. The summed E-state index contributed by atoms with van der Waals surface area (Å²) in [5.74, 6) is 1.05. The zero-order chi connectivity index (χ0) is 30.2. The van der Waals surface area contributed by atoms with Crippen molar-refractivity contribution in [1.82, 2.24) is 0 Å². The van der Waals surface area contributed by atoms with Crippen molar-refractivity contribution in [2.75, 3.05) is 30.3 Å². The molecule has 5 rings (SSSR count). The Morgan fingerprint density at radius 2 is 1.70 bits per heavy atom. The summed E-state index contributed by atoms with van der Waals surface area (Å²) in [4.78, 5) is 26.1. The van der Waals surface area contributed by atoms with Gasteiger partial charge in [0.15, 0.2) is 35.2 Å². The second kappa shape index (κ2) is 13.2. The highest BCUT2D eigenvalue weighted by Gasteiger charge is 2.29. The van der Waals surface area contributed by atoms with Crippen molar-refractivity contribution in [2.45, 2.75) is 12.2 Å². The predicted octanol–water partition coefficient (Wildman–Crippen LogP) is 5.64. The molecule has 220 valence electrons. The summed E-state index contributed by atoms with van der Waals surface area (Å²) in [5, 5.41) is 15.9. The maximum atomic E-state index is 13.2. The van der Waals surface area contributed by atoms with E-state index in [1.165, 1.54) is 31.4 Å². The Kier molecular flexibility index (Phi) is 8.81.